The Bertz CT molecular complexity index is 1250. The van der Waals surface area contributed by atoms with Crippen LogP contribution in [0.25, 0.3) is 21.9 Å². The highest BCUT2D eigenvalue weighted by Crippen LogP contribution is 2.36. The molecule has 7 nitrogen and oxygen atoms in total. The Kier molecular flexibility index (Phi) is 5.04. The van der Waals surface area contributed by atoms with Crippen molar-refractivity contribution in [3.8, 4) is 11.6 Å². The molecule has 5 aromatic rings. The Hall–Kier alpha value is -2.69. The molecule has 5 rings (SSSR count). The molecular formula is C19H14N6OS3. The van der Waals surface area contributed by atoms with Crippen LogP contribution in [0.1, 0.15) is 5.56 Å². The number of hydrogen-bond acceptors (Lipinski definition) is 9. The lowest BCUT2D eigenvalue weighted by molar-refractivity contribution is 0.569. The molecule has 0 N–H and O–H groups in total. The molecule has 0 atom stereocenters. The molecule has 0 saturated carbocycles. The van der Waals surface area contributed by atoms with Crippen LogP contribution in [0.4, 0.5) is 0 Å². The Morgan fingerprint density at radius 2 is 1.97 bits per heavy atom. The molecule has 0 aliphatic rings. The second kappa shape index (κ2) is 7.97. The number of nitrogens with zero attached hydrogens (tertiary/aromatic N) is 6. The zero-order chi connectivity index (χ0) is 19.6. The molecule has 0 spiro atoms. The first-order chi connectivity index (χ1) is 14.3. The van der Waals surface area contributed by atoms with Crippen LogP contribution >= 0.6 is 34.9 Å². The van der Waals surface area contributed by atoms with Gasteiger partial charge >= 0.3 is 0 Å². The minimum Gasteiger partial charge on any atom is -0.461 e. The summed E-state index contributed by atoms with van der Waals surface area (Å²) in [6.07, 6.45) is 5.18. The van der Waals surface area contributed by atoms with Crippen LogP contribution in [0.2, 0.25) is 0 Å². The summed E-state index contributed by atoms with van der Waals surface area (Å²) in [4.78, 5) is 13.3. The van der Waals surface area contributed by atoms with Crippen molar-refractivity contribution in [1.82, 2.24) is 29.7 Å². The number of furan rings is 1. The smallest absolute Gasteiger partial charge is 0.200 e. The molecule has 0 radical (unpaired) electrons. The van der Waals surface area contributed by atoms with E-state index in [9.17, 15) is 0 Å². The molecule has 0 bridgehead atoms. The van der Waals surface area contributed by atoms with E-state index in [4.69, 9.17) is 4.42 Å². The van der Waals surface area contributed by atoms with E-state index in [1.165, 1.54) is 11.8 Å². The Morgan fingerprint density at radius 1 is 1.07 bits per heavy atom. The quantitative estimate of drug-likeness (QED) is 0.275. The van der Waals surface area contributed by atoms with Crippen molar-refractivity contribution < 1.29 is 4.42 Å². The molecule has 4 aromatic heterocycles. The van der Waals surface area contributed by atoms with Gasteiger partial charge in [-0.1, -0.05) is 42.1 Å². The molecule has 144 valence electrons. The summed E-state index contributed by atoms with van der Waals surface area (Å²) in [5, 5.41) is 10.4. The average molecular weight is 439 g/mol. The van der Waals surface area contributed by atoms with Gasteiger partial charge in [0.15, 0.2) is 20.9 Å². The van der Waals surface area contributed by atoms with E-state index in [0.717, 1.165) is 24.8 Å². The third-order valence-electron chi connectivity index (χ3n) is 4.14. The average Bonchev–Trinajstić information content (AvgIpc) is 3.49. The van der Waals surface area contributed by atoms with Crippen molar-refractivity contribution in [3.63, 3.8) is 0 Å². The summed E-state index contributed by atoms with van der Waals surface area (Å²) in [6.45, 7) is 0.624. The molecule has 0 unspecified atom stereocenters. The molecule has 0 fully saturated rings. The van der Waals surface area contributed by atoms with E-state index in [1.54, 1.807) is 35.7 Å². The van der Waals surface area contributed by atoms with E-state index in [0.29, 0.717) is 23.8 Å². The molecule has 1 aromatic carbocycles. The fourth-order valence-electron chi connectivity index (χ4n) is 2.82. The van der Waals surface area contributed by atoms with E-state index in [1.807, 2.05) is 41.2 Å². The zero-order valence-electron chi connectivity index (χ0n) is 15.2. The summed E-state index contributed by atoms with van der Waals surface area (Å²) < 4.78 is 9.54. The van der Waals surface area contributed by atoms with Crippen molar-refractivity contribution in [1.29, 1.82) is 0 Å². The maximum Gasteiger partial charge on any atom is 0.200 e. The predicted octanol–water partition coefficient (Wildman–Crippen LogP) is 4.86. The molecule has 10 heteroatoms. The lowest BCUT2D eigenvalue weighted by atomic mass is 10.2. The minimum absolute atomic E-state index is 0.624. The topological polar surface area (TPSA) is 82.5 Å². The summed E-state index contributed by atoms with van der Waals surface area (Å²) in [7, 11) is 0. The van der Waals surface area contributed by atoms with Gasteiger partial charge in [-0.25, -0.2) is 15.0 Å². The monoisotopic (exact) mass is 438 g/mol. The summed E-state index contributed by atoms with van der Waals surface area (Å²) in [5.41, 5.74) is 1.86. The van der Waals surface area contributed by atoms with Crippen LogP contribution in [0.15, 0.2) is 74.0 Å². The summed E-state index contributed by atoms with van der Waals surface area (Å²) in [5.74, 6) is 1.36. The van der Waals surface area contributed by atoms with Crippen LogP contribution in [0.5, 0.6) is 0 Å². The van der Waals surface area contributed by atoms with Crippen molar-refractivity contribution in [2.24, 2.45) is 0 Å². The number of thiazole rings is 1. The second-order valence-electron chi connectivity index (χ2n) is 5.97. The largest absolute Gasteiger partial charge is 0.461 e. The maximum atomic E-state index is 5.58. The van der Waals surface area contributed by atoms with Crippen LogP contribution in [-0.2, 0) is 6.54 Å². The highest BCUT2D eigenvalue weighted by Gasteiger charge is 2.20. The zero-order valence-corrected chi connectivity index (χ0v) is 17.7. The highest BCUT2D eigenvalue weighted by molar-refractivity contribution is 8.00. The number of fused-ring (bicyclic) bond motifs is 1. The van der Waals surface area contributed by atoms with Gasteiger partial charge in [0, 0.05) is 0 Å². The van der Waals surface area contributed by atoms with Crippen molar-refractivity contribution >= 4 is 45.2 Å². The van der Waals surface area contributed by atoms with Crippen LogP contribution < -0.4 is 0 Å². The van der Waals surface area contributed by atoms with Gasteiger partial charge in [-0.05, 0) is 35.7 Å². The molecular weight excluding hydrogens is 424 g/mol. The first kappa shape index (κ1) is 18.3. The van der Waals surface area contributed by atoms with Crippen molar-refractivity contribution in [3.05, 3.63) is 60.6 Å². The first-order valence-electron chi connectivity index (χ1n) is 8.66. The third-order valence-corrected chi connectivity index (χ3v) is 7.30. The normalized spacial score (nSPS) is 11.3. The van der Waals surface area contributed by atoms with Crippen LogP contribution in [0.3, 0.4) is 0 Å². The second-order valence-corrected chi connectivity index (χ2v) is 8.98. The fraction of sp³-hybridized carbons (Fsp3) is 0.105. The van der Waals surface area contributed by atoms with Crippen LogP contribution in [0, 0.1) is 0 Å². The SMILES string of the molecule is CSc1nc2ncnc(Sc3nnc(-c4ccco4)n3Cc3ccccc3)c2s1. The van der Waals surface area contributed by atoms with Crippen molar-refractivity contribution in [2.75, 3.05) is 6.26 Å². The lowest BCUT2D eigenvalue weighted by Gasteiger charge is -2.09. The molecule has 29 heavy (non-hydrogen) atoms. The summed E-state index contributed by atoms with van der Waals surface area (Å²) in [6, 6.07) is 13.9. The minimum atomic E-state index is 0.624. The van der Waals surface area contributed by atoms with E-state index >= 15 is 0 Å². The highest BCUT2D eigenvalue weighted by atomic mass is 32.2. The molecule has 0 saturated heterocycles. The van der Waals surface area contributed by atoms with Gasteiger partial charge in [-0.15, -0.1) is 21.5 Å². The van der Waals surface area contributed by atoms with Crippen molar-refractivity contribution in [2.45, 2.75) is 21.1 Å². The van der Waals surface area contributed by atoms with Gasteiger partial charge in [0.25, 0.3) is 0 Å². The fourth-order valence-corrected chi connectivity index (χ4v) is 5.27. The van der Waals surface area contributed by atoms with E-state index in [2.05, 4.69) is 37.3 Å². The number of rotatable bonds is 6. The van der Waals surface area contributed by atoms with Gasteiger partial charge in [0.2, 0.25) is 5.82 Å². The standard InChI is InChI=1S/C19H14N6OS3/c1-27-19-22-15-14(28-19)17(21-11-20-15)29-18-24-23-16(13-8-5-9-26-13)25(18)10-12-6-3-2-4-7-12/h2-9,11H,10H2,1H3. The maximum absolute atomic E-state index is 5.58. The van der Waals surface area contributed by atoms with Gasteiger partial charge < -0.3 is 4.42 Å². The molecule has 4 heterocycles. The number of hydrogen-bond donors (Lipinski definition) is 0. The summed E-state index contributed by atoms with van der Waals surface area (Å²) >= 11 is 4.65. The molecule has 0 amide bonds. The Labute approximate surface area is 178 Å². The first-order valence-corrected chi connectivity index (χ1v) is 11.5. The van der Waals surface area contributed by atoms with E-state index in [-0.39, 0.29) is 0 Å². The lowest BCUT2D eigenvalue weighted by Crippen LogP contribution is -2.04. The number of thioether (sulfide) groups is 1. The van der Waals surface area contributed by atoms with Gasteiger partial charge in [-0.2, -0.15) is 0 Å². The predicted molar refractivity (Wildman–Crippen MR) is 114 cm³/mol. The molecule has 0 aliphatic heterocycles. The number of benzene rings is 1. The van der Waals surface area contributed by atoms with E-state index < -0.39 is 0 Å². The molecule has 0 aliphatic carbocycles. The van der Waals surface area contributed by atoms with Crippen LogP contribution in [-0.4, -0.2) is 36.0 Å². The Balaban J connectivity index is 1.57. The number of aromatic nitrogens is 6. The van der Waals surface area contributed by atoms with Gasteiger partial charge in [0.05, 0.1) is 12.8 Å². The Morgan fingerprint density at radius 3 is 2.76 bits per heavy atom. The van der Waals surface area contributed by atoms with Gasteiger partial charge in [0.1, 0.15) is 16.1 Å². The third kappa shape index (κ3) is 3.66. The van der Waals surface area contributed by atoms with Gasteiger partial charge in [-0.3, -0.25) is 4.57 Å².